The Morgan fingerprint density at radius 1 is 1.33 bits per heavy atom. The van der Waals surface area contributed by atoms with Crippen LogP contribution in [-0.4, -0.2) is 44.4 Å². The van der Waals surface area contributed by atoms with E-state index < -0.39 is 6.10 Å². The van der Waals surface area contributed by atoms with E-state index in [9.17, 15) is 14.7 Å². The molecule has 7 nitrogen and oxygen atoms in total. The summed E-state index contributed by atoms with van der Waals surface area (Å²) in [4.78, 5) is 28.6. The van der Waals surface area contributed by atoms with E-state index in [1.807, 2.05) is 6.07 Å². The standard InChI is InChI=1S/C17H21N3O4/c21-9-11-7-12(8-15(11)22)19-16(23)5-6-20-10-18-14-4-2-1-3-13(14)17(20)24/h1-4,10-12,15,21-22H,5-9H2,(H,19,23). The number of aryl methyl sites for hydroxylation is 1. The molecular weight excluding hydrogens is 310 g/mol. The molecule has 1 aliphatic rings. The highest BCUT2D eigenvalue weighted by Gasteiger charge is 2.33. The van der Waals surface area contributed by atoms with Gasteiger partial charge in [-0.1, -0.05) is 12.1 Å². The fraction of sp³-hybridized carbons (Fsp3) is 0.471. The second-order valence-electron chi connectivity index (χ2n) is 6.26. The highest BCUT2D eigenvalue weighted by atomic mass is 16.3. The molecule has 128 valence electrons. The number of rotatable bonds is 5. The molecule has 1 amide bonds. The summed E-state index contributed by atoms with van der Waals surface area (Å²) >= 11 is 0. The number of nitrogens with one attached hydrogen (secondary N) is 1. The lowest BCUT2D eigenvalue weighted by Gasteiger charge is -2.13. The number of hydrogen-bond donors (Lipinski definition) is 3. The van der Waals surface area contributed by atoms with Gasteiger partial charge < -0.3 is 15.5 Å². The van der Waals surface area contributed by atoms with Crippen LogP contribution in [0.25, 0.3) is 10.9 Å². The first-order valence-corrected chi connectivity index (χ1v) is 8.11. The predicted octanol–water partition coefficient (Wildman–Crippen LogP) is 0.0346. The monoisotopic (exact) mass is 331 g/mol. The van der Waals surface area contributed by atoms with Crippen molar-refractivity contribution in [2.24, 2.45) is 5.92 Å². The quantitative estimate of drug-likeness (QED) is 0.717. The minimum absolute atomic E-state index is 0.0777. The van der Waals surface area contributed by atoms with Gasteiger partial charge in [0, 0.05) is 31.5 Å². The van der Waals surface area contributed by atoms with E-state index in [1.54, 1.807) is 18.2 Å². The molecule has 0 radical (unpaired) electrons. The van der Waals surface area contributed by atoms with E-state index >= 15 is 0 Å². The lowest BCUT2D eigenvalue weighted by molar-refractivity contribution is -0.122. The number of carbonyl (C=O) groups is 1. The number of aromatic nitrogens is 2. The average molecular weight is 331 g/mol. The average Bonchev–Trinajstić information content (AvgIpc) is 2.94. The van der Waals surface area contributed by atoms with Crippen LogP contribution in [0.1, 0.15) is 19.3 Å². The number of aliphatic hydroxyl groups is 2. The smallest absolute Gasteiger partial charge is 0.261 e. The first-order valence-electron chi connectivity index (χ1n) is 8.11. The number of para-hydroxylation sites is 1. The third kappa shape index (κ3) is 3.47. The number of carbonyl (C=O) groups excluding carboxylic acids is 1. The first kappa shape index (κ1) is 16.6. The van der Waals surface area contributed by atoms with Gasteiger partial charge in [0.15, 0.2) is 0 Å². The molecule has 0 aliphatic heterocycles. The molecule has 2 aromatic rings. The van der Waals surface area contributed by atoms with Crippen LogP contribution in [0, 0.1) is 5.92 Å². The van der Waals surface area contributed by atoms with Crippen LogP contribution in [0.4, 0.5) is 0 Å². The third-order valence-corrected chi connectivity index (χ3v) is 4.57. The van der Waals surface area contributed by atoms with Crippen LogP contribution in [0.2, 0.25) is 0 Å². The lowest BCUT2D eigenvalue weighted by Crippen LogP contribution is -2.34. The second-order valence-corrected chi connectivity index (χ2v) is 6.26. The van der Waals surface area contributed by atoms with Crippen molar-refractivity contribution < 1.29 is 15.0 Å². The summed E-state index contributed by atoms with van der Waals surface area (Å²) in [7, 11) is 0. The Labute approximate surface area is 139 Å². The van der Waals surface area contributed by atoms with E-state index in [0.29, 0.717) is 23.7 Å². The summed E-state index contributed by atoms with van der Waals surface area (Å²) < 4.78 is 1.43. The Balaban J connectivity index is 1.59. The molecule has 3 unspecified atom stereocenters. The van der Waals surface area contributed by atoms with E-state index in [2.05, 4.69) is 10.3 Å². The molecule has 1 fully saturated rings. The number of nitrogens with zero attached hydrogens (tertiary/aromatic N) is 2. The van der Waals surface area contributed by atoms with Gasteiger partial charge in [-0.3, -0.25) is 14.2 Å². The Bertz CT molecular complexity index is 789. The van der Waals surface area contributed by atoms with Crippen LogP contribution >= 0.6 is 0 Å². The molecule has 3 N–H and O–H groups in total. The molecule has 1 aromatic heterocycles. The molecule has 0 spiro atoms. The summed E-state index contributed by atoms with van der Waals surface area (Å²) in [5, 5.41) is 22.3. The Morgan fingerprint density at radius 3 is 2.88 bits per heavy atom. The van der Waals surface area contributed by atoms with Gasteiger partial charge in [0.1, 0.15) is 0 Å². The summed E-state index contributed by atoms with van der Waals surface area (Å²) in [5.74, 6) is -0.353. The molecule has 1 aliphatic carbocycles. The minimum Gasteiger partial charge on any atom is -0.396 e. The SMILES string of the molecule is O=C(CCn1cnc2ccccc2c1=O)NC1CC(O)C(CO)C1. The maximum atomic E-state index is 12.3. The zero-order chi connectivity index (χ0) is 17.1. The molecule has 3 rings (SSSR count). The van der Waals surface area contributed by atoms with Gasteiger partial charge in [-0.25, -0.2) is 4.98 Å². The molecular formula is C17H21N3O4. The van der Waals surface area contributed by atoms with Gasteiger partial charge in [0.05, 0.1) is 23.3 Å². The van der Waals surface area contributed by atoms with Crippen molar-refractivity contribution >= 4 is 16.8 Å². The number of amides is 1. The molecule has 1 heterocycles. The van der Waals surface area contributed by atoms with Crippen LogP contribution in [0.15, 0.2) is 35.4 Å². The molecule has 0 saturated heterocycles. The Morgan fingerprint density at radius 2 is 2.12 bits per heavy atom. The zero-order valence-corrected chi connectivity index (χ0v) is 13.3. The second kappa shape index (κ2) is 7.11. The van der Waals surface area contributed by atoms with Crippen molar-refractivity contribution in [2.45, 2.75) is 38.0 Å². The fourth-order valence-electron chi connectivity index (χ4n) is 3.20. The topological polar surface area (TPSA) is 104 Å². The van der Waals surface area contributed by atoms with E-state index in [0.717, 1.165) is 0 Å². The van der Waals surface area contributed by atoms with Crippen molar-refractivity contribution in [3.8, 4) is 0 Å². The summed E-state index contributed by atoms with van der Waals surface area (Å²) in [6.45, 7) is 0.174. The van der Waals surface area contributed by atoms with Crippen molar-refractivity contribution in [1.82, 2.24) is 14.9 Å². The third-order valence-electron chi connectivity index (χ3n) is 4.57. The van der Waals surface area contributed by atoms with Crippen LogP contribution in [-0.2, 0) is 11.3 Å². The van der Waals surface area contributed by atoms with E-state index in [-0.39, 0.29) is 43.0 Å². The highest BCUT2D eigenvalue weighted by Crippen LogP contribution is 2.25. The summed E-state index contributed by atoms with van der Waals surface area (Å²) in [6, 6.07) is 6.97. The molecule has 3 atom stereocenters. The maximum Gasteiger partial charge on any atom is 0.261 e. The van der Waals surface area contributed by atoms with E-state index in [1.165, 1.54) is 10.9 Å². The molecule has 1 aromatic carbocycles. The fourth-order valence-corrected chi connectivity index (χ4v) is 3.20. The van der Waals surface area contributed by atoms with Crippen molar-refractivity contribution in [2.75, 3.05) is 6.61 Å². The number of aliphatic hydroxyl groups excluding tert-OH is 2. The summed E-state index contributed by atoms with van der Waals surface area (Å²) in [6.07, 6.45) is 2.07. The van der Waals surface area contributed by atoms with Crippen molar-refractivity contribution in [3.63, 3.8) is 0 Å². The first-order chi connectivity index (χ1) is 11.6. The van der Waals surface area contributed by atoms with Gasteiger partial charge in [-0.2, -0.15) is 0 Å². The molecule has 0 bridgehead atoms. The van der Waals surface area contributed by atoms with Crippen LogP contribution in [0.3, 0.4) is 0 Å². The van der Waals surface area contributed by atoms with Crippen LogP contribution < -0.4 is 10.9 Å². The summed E-state index contributed by atoms with van der Waals surface area (Å²) in [5.41, 5.74) is 0.475. The minimum atomic E-state index is -0.576. The highest BCUT2D eigenvalue weighted by molar-refractivity contribution is 5.77. The van der Waals surface area contributed by atoms with Gasteiger partial charge in [0.2, 0.25) is 5.91 Å². The van der Waals surface area contributed by atoms with Gasteiger partial charge in [-0.05, 0) is 25.0 Å². The van der Waals surface area contributed by atoms with Gasteiger partial charge >= 0.3 is 0 Å². The lowest BCUT2D eigenvalue weighted by atomic mass is 10.1. The molecule has 7 heteroatoms. The van der Waals surface area contributed by atoms with Crippen molar-refractivity contribution in [3.05, 3.63) is 40.9 Å². The Hall–Kier alpha value is -2.25. The largest absolute Gasteiger partial charge is 0.396 e. The van der Waals surface area contributed by atoms with Crippen LogP contribution in [0.5, 0.6) is 0 Å². The normalized spacial score (nSPS) is 23.5. The number of hydrogen-bond acceptors (Lipinski definition) is 5. The number of fused-ring (bicyclic) bond motifs is 1. The molecule has 24 heavy (non-hydrogen) atoms. The van der Waals surface area contributed by atoms with E-state index in [4.69, 9.17) is 5.11 Å². The van der Waals surface area contributed by atoms with Gasteiger partial charge in [0.25, 0.3) is 5.56 Å². The van der Waals surface area contributed by atoms with Crippen molar-refractivity contribution in [1.29, 1.82) is 0 Å². The number of benzene rings is 1. The zero-order valence-electron chi connectivity index (χ0n) is 13.3. The van der Waals surface area contributed by atoms with Gasteiger partial charge in [-0.15, -0.1) is 0 Å². The predicted molar refractivity (Wildman–Crippen MR) is 88.4 cm³/mol. The maximum absolute atomic E-state index is 12.3. The Kier molecular flexibility index (Phi) is 4.92. The molecule has 1 saturated carbocycles.